The number of carbonyl (C=O) groups is 1. The number of hydrogen-bond donors (Lipinski definition) is 1. The van der Waals surface area contributed by atoms with Crippen LogP contribution in [-0.2, 0) is 4.79 Å². The second-order valence-corrected chi connectivity index (χ2v) is 2.70. The van der Waals surface area contributed by atoms with E-state index in [1.807, 2.05) is 0 Å². The quantitative estimate of drug-likeness (QED) is 0.402. The van der Waals surface area contributed by atoms with E-state index in [2.05, 4.69) is 0 Å². The molecule has 0 unspecified atom stereocenters. The van der Waals surface area contributed by atoms with Crippen molar-refractivity contribution in [2.24, 2.45) is 0 Å². The predicted octanol–water partition coefficient (Wildman–Crippen LogP) is -5.89. The zero-order chi connectivity index (χ0) is 8.91. The molecule has 0 aliphatic carbocycles. The van der Waals surface area contributed by atoms with E-state index in [-0.39, 0.29) is 0 Å². The molecule has 1 heterocycles. The predicted molar refractivity (Wildman–Crippen MR) is 21.0 cm³/mol. The van der Waals surface area contributed by atoms with Gasteiger partial charge in [-0.3, -0.25) is 5.32 Å². The zero-order valence-corrected chi connectivity index (χ0v) is 6.37. The fraction of sp³-hybridized carbons (Fsp3) is 0.750. The van der Waals surface area contributed by atoms with Crippen molar-refractivity contribution in [2.75, 3.05) is 6.54 Å². The topological polar surface area (TPSA) is 126 Å². The third kappa shape index (κ3) is 12.9. The lowest BCUT2D eigenvalue weighted by Gasteiger charge is -2.17. The molecule has 0 bridgehead atoms. The van der Waals surface area contributed by atoms with Gasteiger partial charge in [-0.05, 0) is 0 Å². The van der Waals surface area contributed by atoms with Crippen LogP contribution in [0.15, 0.2) is 0 Å². The van der Waals surface area contributed by atoms with Gasteiger partial charge in [-0.1, -0.05) is 0 Å². The average Bonchev–Trinajstić information content (AvgIpc) is 2.12. The summed E-state index contributed by atoms with van der Waals surface area (Å²) in [5.41, 5.74) is 0. The molecule has 1 fully saturated rings. The Morgan fingerprint density at radius 3 is 1.82 bits per heavy atom. The van der Waals surface area contributed by atoms with Crippen LogP contribution in [0.1, 0.15) is 12.8 Å². The molecular formula is C4H8ClNO5. The number of amides is 1. The van der Waals surface area contributed by atoms with E-state index in [1.165, 1.54) is 0 Å². The van der Waals surface area contributed by atoms with Gasteiger partial charge in [0.25, 0.3) is 0 Å². The third-order valence-corrected chi connectivity index (χ3v) is 0.999. The maximum atomic E-state index is 10.2. The first-order valence-electron chi connectivity index (χ1n) is 2.87. The van der Waals surface area contributed by atoms with E-state index in [1.54, 1.807) is 5.32 Å². The van der Waals surface area contributed by atoms with E-state index in [9.17, 15) is 4.79 Å². The Morgan fingerprint density at radius 1 is 1.27 bits per heavy atom. The molecule has 6 nitrogen and oxygen atoms in total. The minimum atomic E-state index is -4.94. The smallest absolute Gasteiger partial charge is 0.283 e. The third-order valence-electron chi connectivity index (χ3n) is 0.999. The zero-order valence-electron chi connectivity index (χ0n) is 5.62. The molecule has 0 aromatic rings. The summed E-state index contributed by atoms with van der Waals surface area (Å²) >= 11 is 0. The number of primary amides is 1. The largest absolute Gasteiger partial charge is 0.310 e. The number of rotatable bonds is 0. The van der Waals surface area contributed by atoms with Crippen molar-refractivity contribution in [3.63, 3.8) is 0 Å². The summed E-state index contributed by atoms with van der Waals surface area (Å²) in [7, 11) is -4.94. The molecular weight excluding hydrogens is 177 g/mol. The monoisotopic (exact) mass is 185 g/mol. The molecule has 0 radical (unpaired) electrons. The summed E-state index contributed by atoms with van der Waals surface area (Å²) in [6.45, 7) is 1.01. The molecule has 1 aliphatic heterocycles. The van der Waals surface area contributed by atoms with Gasteiger partial charge in [-0.25, -0.2) is 23.4 Å². The first kappa shape index (κ1) is 10.8. The maximum absolute atomic E-state index is 10.2. The van der Waals surface area contributed by atoms with Gasteiger partial charge in [0.15, 0.2) is 0 Å². The van der Waals surface area contributed by atoms with Gasteiger partial charge in [-0.2, -0.15) is 0 Å². The van der Waals surface area contributed by atoms with Gasteiger partial charge in [0.05, 0.1) is 13.0 Å². The van der Waals surface area contributed by atoms with Crippen LogP contribution in [-0.4, -0.2) is 12.5 Å². The van der Waals surface area contributed by atoms with Crippen LogP contribution >= 0.6 is 0 Å². The second-order valence-electron chi connectivity index (χ2n) is 1.94. The van der Waals surface area contributed by atoms with Crippen LogP contribution in [0, 0.1) is 10.2 Å². The normalized spacial score (nSPS) is 17.6. The van der Waals surface area contributed by atoms with Gasteiger partial charge >= 0.3 is 5.91 Å². The van der Waals surface area contributed by atoms with Crippen molar-refractivity contribution >= 4 is 5.91 Å². The molecule has 1 aliphatic rings. The lowest BCUT2D eigenvalue weighted by Crippen LogP contribution is -2.84. The summed E-state index contributed by atoms with van der Waals surface area (Å²) in [6.07, 6.45) is 1.87. The highest BCUT2D eigenvalue weighted by Gasteiger charge is 2.11. The summed E-state index contributed by atoms with van der Waals surface area (Å²) in [4.78, 5) is 10.2. The Labute approximate surface area is 65.2 Å². The molecule has 11 heavy (non-hydrogen) atoms. The minimum absolute atomic E-state index is 0.329. The Morgan fingerprint density at radius 2 is 1.73 bits per heavy atom. The second kappa shape index (κ2) is 4.60. The van der Waals surface area contributed by atoms with Crippen LogP contribution in [0.3, 0.4) is 0 Å². The lowest BCUT2D eigenvalue weighted by atomic mass is 10.4. The summed E-state index contributed by atoms with van der Waals surface area (Å²) in [6, 6.07) is 0. The maximum Gasteiger partial charge on any atom is 0.310 e. The van der Waals surface area contributed by atoms with Gasteiger partial charge in [0, 0.05) is 6.42 Å². The van der Waals surface area contributed by atoms with Crippen molar-refractivity contribution in [2.45, 2.75) is 12.8 Å². The fourth-order valence-corrected chi connectivity index (χ4v) is 0.641. The number of nitrogens with two attached hydrogens (primary N) is 1. The van der Waals surface area contributed by atoms with Crippen molar-refractivity contribution in [1.82, 2.24) is 0 Å². The van der Waals surface area contributed by atoms with Gasteiger partial charge in [0.1, 0.15) is 0 Å². The molecule has 0 saturated carbocycles. The number of carbonyl (C=O) groups excluding carboxylic acids is 1. The lowest BCUT2D eigenvalue weighted by molar-refractivity contribution is -2.00. The number of hydrogen-bond acceptors (Lipinski definition) is 5. The van der Waals surface area contributed by atoms with Crippen LogP contribution in [0.4, 0.5) is 0 Å². The van der Waals surface area contributed by atoms with Crippen LogP contribution in [0.2, 0.25) is 0 Å². The fourth-order valence-electron chi connectivity index (χ4n) is 0.641. The molecule has 0 spiro atoms. The van der Waals surface area contributed by atoms with Crippen LogP contribution in [0.5, 0.6) is 0 Å². The SMILES string of the molecule is O=C1CCC[NH2+]1.[O-][Cl+3]([O-])([O-])[O-]. The summed E-state index contributed by atoms with van der Waals surface area (Å²) < 4.78 is 34.0. The van der Waals surface area contributed by atoms with E-state index in [4.69, 9.17) is 18.6 Å². The highest BCUT2D eigenvalue weighted by molar-refractivity contribution is 5.66. The highest BCUT2D eigenvalue weighted by Crippen LogP contribution is 1.85. The van der Waals surface area contributed by atoms with Crippen LogP contribution in [0.25, 0.3) is 0 Å². The van der Waals surface area contributed by atoms with E-state index >= 15 is 0 Å². The average molecular weight is 186 g/mol. The van der Waals surface area contributed by atoms with Crippen molar-refractivity contribution in [1.29, 1.82) is 0 Å². The minimum Gasteiger partial charge on any atom is -0.283 e. The molecule has 0 atom stereocenters. The van der Waals surface area contributed by atoms with Gasteiger partial charge in [0.2, 0.25) is 0 Å². The molecule has 0 aromatic carbocycles. The first-order chi connectivity index (χ1) is 4.89. The Balaban J connectivity index is 0.000000187. The highest BCUT2D eigenvalue weighted by atomic mass is 35.7. The summed E-state index contributed by atoms with van der Waals surface area (Å²) in [5.74, 6) is 0.329. The Bertz CT molecular complexity index is 119. The van der Waals surface area contributed by atoms with E-state index in [0.717, 1.165) is 19.4 Å². The summed E-state index contributed by atoms with van der Waals surface area (Å²) in [5, 5.41) is 1.76. The molecule has 1 rings (SSSR count). The van der Waals surface area contributed by atoms with Gasteiger partial charge < -0.3 is 0 Å². The van der Waals surface area contributed by atoms with Crippen molar-refractivity contribution < 1.29 is 39.0 Å². The van der Waals surface area contributed by atoms with Gasteiger partial charge in [-0.15, -0.1) is 10.2 Å². The standard InChI is InChI=1S/C4H7NO.ClHO4/c6-4-2-1-3-5-4;2-1(3,4)5/h1-3H2,(H,5,6);(H,2,3,4,5). The Kier molecular flexibility index (Phi) is 4.50. The van der Waals surface area contributed by atoms with E-state index in [0.29, 0.717) is 5.91 Å². The van der Waals surface area contributed by atoms with E-state index < -0.39 is 10.2 Å². The van der Waals surface area contributed by atoms with Crippen molar-refractivity contribution in [3.05, 3.63) is 0 Å². The molecule has 7 heteroatoms. The molecule has 66 valence electrons. The molecule has 2 N–H and O–H groups in total. The molecule has 1 saturated heterocycles. The van der Waals surface area contributed by atoms with Crippen molar-refractivity contribution in [3.8, 4) is 0 Å². The van der Waals surface area contributed by atoms with Crippen LogP contribution < -0.4 is 24.0 Å². The number of quaternary nitrogens is 1. The number of halogens is 1. The first-order valence-corrected chi connectivity index (χ1v) is 4.11. The molecule has 1 amide bonds. The molecule has 0 aromatic heterocycles. The Hall–Kier alpha value is -0.240.